The van der Waals surface area contributed by atoms with Crippen molar-refractivity contribution in [3.63, 3.8) is 0 Å². The first-order chi connectivity index (χ1) is 9.24. The molecule has 2 atom stereocenters. The largest absolute Gasteiger partial charge is 0.493 e. The van der Waals surface area contributed by atoms with Crippen molar-refractivity contribution in [1.29, 1.82) is 0 Å². The molecule has 1 saturated heterocycles. The molecule has 0 N–H and O–H groups in total. The van der Waals surface area contributed by atoms with Gasteiger partial charge in [0, 0.05) is 12.6 Å². The zero-order valence-electron chi connectivity index (χ0n) is 11.8. The molecule has 1 aromatic rings. The quantitative estimate of drug-likeness (QED) is 0.818. The topological polar surface area (TPSA) is 30.9 Å². The van der Waals surface area contributed by atoms with Crippen molar-refractivity contribution >= 4 is 0 Å². The molecule has 4 heteroatoms. The van der Waals surface area contributed by atoms with Crippen molar-refractivity contribution in [2.45, 2.75) is 19.4 Å². The summed E-state index contributed by atoms with van der Waals surface area (Å²) in [5.41, 5.74) is 2.76. The lowest BCUT2D eigenvalue weighted by Gasteiger charge is -2.44. The highest BCUT2D eigenvalue weighted by molar-refractivity contribution is 5.49. The van der Waals surface area contributed by atoms with Crippen molar-refractivity contribution in [3.05, 3.63) is 23.3 Å². The van der Waals surface area contributed by atoms with Crippen LogP contribution < -0.4 is 9.47 Å². The minimum Gasteiger partial charge on any atom is -0.493 e. The van der Waals surface area contributed by atoms with Crippen LogP contribution in [0.5, 0.6) is 11.5 Å². The third-order valence-corrected chi connectivity index (χ3v) is 4.20. The molecule has 104 valence electrons. The molecule has 0 spiro atoms. The van der Waals surface area contributed by atoms with Crippen molar-refractivity contribution in [1.82, 2.24) is 4.90 Å². The molecule has 1 aromatic carbocycles. The number of rotatable bonds is 2. The van der Waals surface area contributed by atoms with Gasteiger partial charge in [-0.05, 0) is 35.6 Å². The molecule has 3 rings (SSSR count). The standard InChI is InChI=1S/C15H21NO3/c1-10-8-19-9-16-5-4-11-6-13(17-2)14(18-3)7-12(11)15(10)16/h6-7,10,15H,4-5,8-9H2,1-3H3/t10-,15-/m0/s1. The van der Waals surface area contributed by atoms with Gasteiger partial charge in [0.25, 0.3) is 0 Å². The van der Waals surface area contributed by atoms with Gasteiger partial charge < -0.3 is 14.2 Å². The maximum absolute atomic E-state index is 5.64. The summed E-state index contributed by atoms with van der Waals surface area (Å²) in [7, 11) is 3.38. The average molecular weight is 263 g/mol. The van der Waals surface area contributed by atoms with Gasteiger partial charge in [0.1, 0.15) is 0 Å². The van der Waals surface area contributed by atoms with E-state index >= 15 is 0 Å². The molecule has 4 nitrogen and oxygen atoms in total. The van der Waals surface area contributed by atoms with E-state index in [2.05, 4.69) is 24.0 Å². The first-order valence-corrected chi connectivity index (χ1v) is 6.81. The molecule has 1 fully saturated rings. The van der Waals surface area contributed by atoms with Crippen molar-refractivity contribution < 1.29 is 14.2 Å². The van der Waals surface area contributed by atoms with Gasteiger partial charge in [0.15, 0.2) is 11.5 Å². The molecule has 2 aliphatic heterocycles. The maximum atomic E-state index is 5.64. The molecular formula is C15H21NO3. The Bertz CT molecular complexity index is 475. The van der Waals surface area contributed by atoms with Crippen molar-refractivity contribution in [3.8, 4) is 11.5 Å². The van der Waals surface area contributed by atoms with E-state index in [1.807, 2.05) is 0 Å². The van der Waals surface area contributed by atoms with Crippen molar-refractivity contribution in [2.24, 2.45) is 5.92 Å². The lowest BCUT2D eigenvalue weighted by molar-refractivity contribution is -0.0837. The average Bonchev–Trinajstić information content (AvgIpc) is 2.45. The highest BCUT2D eigenvalue weighted by Crippen LogP contribution is 2.42. The van der Waals surface area contributed by atoms with E-state index in [9.17, 15) is 0 Å². The van der Waals surface area contributed by atoms with E-state index in [0.29, 0.717) is 12.0 Å². The summed E-state index contributed by atoms with van der Waals surface area (Å²) in [6, 6.07) is 4.72. The zero-order chi connectivity index (χ0) is 13.4. The van der Waals surface area contributed by atoms with Crippen LogP contribution in [0.4, 0.5) is 0 Å². The van der Waals surface area contributed by atoms with Crippen molar-refractivity contribution in [2.75, 3.05) is 34.1 Å². The van der Waals surface area contributed by atoms with Crippen LogP contribution in [0.2, 0.25) is 0 Å². The van der Waals surface area contributed by atoms with Crippen LogP contribution in [-0.2, 0) is 11.2 Å². The van der Waals surface area contributed by atoms with E-state index < -0.39 is 0 Å². The Morgan fingerprint density at radius 1 is 1.21 bits per heavy atom. The van der Waals surface area contributed by atoms with Crippen LogP contribution in [-0.4, -0.2) is 39.0 Å². The number of hydrogen-bond donors (Lipinski definition) is 0. The summed E-state index contributed by atoms with van der Waals surface area (Å²) in [5, 5.41) is 0. The Hall–Kier alpha value is -1.26. The van der Waals surface area contributed by atoms with Crippen LogP contribution in [0.15, 0.2) is 12.1 Å². The van der Waals surface area contributed by atoms with Crippen LogP contribution >= 0.6 is 0 Å². The number of hydrogen-bond acceptors (Lipinski definition) is 4. The van der Waals surface area contributed by atoms with E-state index in [1.54, 1.807) is 14.2 Å². The molecule has 0 amide bonds. The second-order valence-electron chi connectivity index (χ2n) is 5.39. The predicted molar refractivity (Wildman–Crippen MR) is 72.7 cm³/mol. The van der Waals surface area contributed by atoms with E-state index in [4.69, 9.17) is 14.2 Å². The number of benzene rings is 1. The lowest BCUT2D eigenvalue weighted by atomic mass is 9.85. The summed E-state index contributed by atoms with van der Waals surface area (Å²) in [6.45, 7) is 4.87. The summed E-state index contributed by atoms with van der Waals surface area (Å²) in [6.07, 6.45) is 1.04. The Morgan fingerprint density at radius 2 is 1.95 bits per heavy atom. The fourth-order valence-corrected chi connectivity index (χ4v) is 3.29. The van der Waals surface area contributed by atoms with Gasteiger partial charge in [-0.15, -0.1) is 0 Å². The molecule has 0 aliphatic carbocycles. The third kappa shape index (κ3) is 2.09. The first-order valence-electron chi connectivity index (χ1n) is 6.81. The Kier molecular flexibility index (Phi) is 3.37. The van der Waals surface area contributed by atoms with Crippen LogP contribution in [0, 0.1) is 5.92 Å². The first kappa shape index (κ1) is 12.8. The number of nitrogens with zero attached hydrogens (tertiary/aromatic N) is 1. The van der Waals surface area contributed by atoms with Gasteiger partial charge in [-0.2, -0.15) is 0 Å². The molecular weight excluding hydrogens is 242 g/mol. The molecule has 0 unspecified atom stereocenters. The van der Waals surface area contributed by atoms with Gasteiger partial charge in [-0.1, -0.05) is 6.92 Å². The van der Waals surface area contributed by atoms with Gasteiger partial charge in [0.05, 0.1) is 27.6 Å². The Labute approximate surface area is 114 Å². The summed E-state index contributed by atoms with van der Waals surface area (Å²) >= 11 is 0. The Morgan fingerprint density at radius 3 is 2.68 bits per heavy atom. The predicted octanol–water partition coefficient (Wildman–Crippen LogP) is 2.23. The van der Waals surface area contributed by atoms with Crippen LogP contribution in [0.25, 0.3) is 0 Å². The molecule has 0 saturated carbocycles. The third-order valence-electron chi connectivity index (χ3n) is 4.20. The fraction of sp³-hybridized carbons (Fsp3) is 0.600. The second-order valence-corrected chi connectivity index (χ2v) is 5.39. The van der Waals surface area contributed by atoms with Gasteiger partial charge in [0.2, 0.25) is 0 Å². The highest BCUT2D eigenvalue weighted by atomic mass is 16.5. The monoisotopic (exact) mass is 263 g/mol. The molecule has 19 heavy (non-hydrogen) atoms. The van der Waals surface area contributed by atoms with E-state index in [1.165, 1.54) is 11.1 Å². The summed E-state index contributed by atoms with van der Waals surface area (Å²) < 4.78 is 16.5. The molecule has 0 radical (unpaired) electrons. The molecule has 0 bridgehead atoms. The van der Waals surface area contributed by atoms with E-state index in [-0.39, 0.29) is 0 Å². The number of methoxy groups -OCH3 is 2. The lowest BCUT2D eigenvalue weighted by Crippen LogP contribution is -2.45. The maximum Gasteiger partial charge on any atom is 0.161 e. The fourth-order valence-electron chi connectivity index (χ4n) is 3.29. The summed E-state index contributed by atoms with van der Waals surface area (Å²) in [5.74, 6) is 2.15. The SMILES string of the molecule is COc1cc2c(cc1OC)[C@@H]1[C@@H](C)COCN1CC2. The van der Waals surface area contributed by atoms with Crippen LogP contribution in [0.3, 0.4) is 0 Å². The minimum absolute atomic E-state index is 0.442. The smallest absolute Gasteiger partial charge is 0.161 e. The molecule has 2 aliphatic rings. The zero-order valence-corrected chi connectivity index (χ0v) is 11.8. The Balaban J connectivity index is 2.05. The summed E-state index contributed by atoms with van der Waals surface area (Å²) in [4.78, 5) is 2.42. The number of fused-ring (bicyclic) bond motifs is 3. The van der Waals surface area contributed by atoms with Gasteiger partial charge >= 0.3 is 0 Å². The van der Waals surface area contributed by atoms with Gasteiger partial charge in [-0.3, -0.25) is 4.90 Å². The van der Waals surface area contributed by atoms with E-state index in [0.717, 1.165) is 37.8 Å². The molecule has 2 heterocycles. The number of ether oxygens (including phenoxy) is 3. The second kappa shape index (κ2) is 5.02. The minimum atomic E-state index is 0.442. The highest BCUT2D eigenvalue weighted by Gasteiger charge is 2.35. The molecule has 0 aromatic heterocycles. The van der Waals surface area contributed by atoms with Crippen LogP contribution in [0.1, 0.15) is 24.1 Å². The van der Waals surface area contributed by atoms with Gasteiger partial charge in [-0.25, -0.2) is 0 Å². The normalized spacial score (nSPS) is 26.5.